The van der Waals surface area contributed by atoms with Crippen molar-refractivity contribution >= 4 is 17.8 Å². The van der Waals surface area contributed by atoms with Crippen molar-refractivity contribution in [3.05, 3.63) is 35.6 Å². The van der Waals surface area contributed by atoms with Gasteiger partial charge in [0, 0.05) is 13.3 Å². The molecule has 2 rings (SSSR count). The number of amides is 2. The number of methoxy groups -OCH3 is 1. The lowest BCUT2D eigenvalue weighted by atomic mass is 10.0. The third kappa shape index (κ3) is 6.17. The van der Waals surface area contributed by atoms with Gasteiger partial charge >= 0.3 is 5.97 Å². The van der Waals surface area contributed by atoms with E-state index in [9.17, 15) is 18.8 Å². The monoisotopic (exact) mass is 350 g/mol. The summed E-state index contributed by atoms with van der Waals surface area (Å²) in [6.45, 7) is 1.30. The van der Waals surface area contributed by atoms with Gasteiger partial charge in [0.2, 0.25) is 11.8 Å². The van der Waals surface area contributed by atoms with Gasteiger partial charge in [0.05, 0.1) is 7.11 Å². The Morgan fingerprint density at radius 2 is 1.96 bits per heavy atom. The van der Waals surface area contributed by atoms with E-state index >= 15 is 0 Å². The van der Waals surface area contributed by atoms with Gasteiger partial charge in [-0.2, -0.15) is 0 Å². The molecule has 0 heterocycles. The number of benzene rings is 1. The first-order valence-electron chi connectivity index (χ1n) is 8.28. The summed E-state index contributed by atoms with van der Waals surface area (Å²) in [6, 6.07) is 4.19. The fraction of sp³-hybridized carbons (Fsp3) is 0.500. The average molecular weight is 350 g/mol. The number of rotatable bonds is 8. The number of halogens is 1. The molecule has 0 saturated heterocycles. The first-order valence-corrected chi connectivity index (χ1v) is 8.28. The summed E-state index contributed by atoms with van der Waals surface area (Å²) in [4.78, 5) is 35.9. The first kappa shape index (κ1) is 18.9. The standard InChI is InChI=1S/C18H23FN2O4/c1-11(22)20-15(10-13-4-3-5-14(19)8-13)17(23)21-16(18(24)25-2)9-12-6-7-12/h3-5,8,12,15-16H,6-7,9-10H2,1-2H3,(H,20,22)(H,21,23)/t15-,16+/m0/s1. The van der Waals surface area contributed by atoms with Crippen molar-refractivity contribution in [2.45, 2.75) is 44.7 Å². The molecular formula is C18H23FN2O4. The highest BCUT2D eigenvalue weighted by atomic mass is 19.1. The van der Waals surface area contributed by atoms with Crippen molar-refractivity contribution in [1.82, 2.24) is 10.6 Å². The Hall–Kier alpha value is -2.44. The number of carbonyl (C=O) groups excluding carboxylic acids is 3. The van der Waals surface area contributed by atoms with Gasteiger partial charge in [0.15, 0.2) is 0 Å². The SMILES string of the molecule is COC(=O)[C@@H](CC1CC1)NC(=O)[C@H](Cc1cccc(F)c1)NC(C)=O. The van der Waals surface area contributed by atoms with E-state index in [-0.39, 0.29) is 12.3 Å². The van der Waals surface area contributed by atoms with E-state index in [1.807, 2.05) is 0 Å². The van der Waals surface area contributed by atoms with E-state index in [4.69, 9.17) is 4.74 Å². The number of hydrogen-bond donors (Lipinski definition) is 2. The Kier molecular flexibility index (Phi) is 6.50. The molecule has 0 unspecified atom stereocenters. The summed E-state index contributed by atoms with van der Waals surface area (Å²) in [5.74, 6) is -1.39. The lowest BCUT2D eigenvalue weighted by Gasteiger charge is -2.22. The molecule has 25 heavy (non-hydrogen) atoms. The van der Waals surface area contributed by atoms with Gasteiger partial charge < -0.3 is 15.4 Å². The number of esters is 1. The molecule has 0 bridgehead atoms. The number of carbonyl (C=O) groups is 3. The summed E-state index contributed by atoms with van der Waals surface area (Å²) in [5, 5.41) is 5.21. The van der Waals surface area contributed by atoms with Gasteiger partial charge in [-0.15, -0.1) is 0 Å². The van der Waals surface area contributed by atoms with Crippen LogP contribution in [0.5, 0.6) is 0 Å². The zero-order valence-corrected chi connectivity index (χ0v) is 14.4. The molecule has 0 aliphatic heterocycles. The molecule has 2 amide bonds. The van der Waals surface area contributed by atoms with Crippen LogP contribution in [0.25, 0.3) is 0 Å². The van der Waals surface area contributed by atoms with Gasteiger partial charge in [0.1, 0.15) is 17.9 Å². The molecule has 1 aromatic carbocycles. The minimum atomic E-state index is -0.898. The number of ether oxygens (including phenoxy) is 1. The molecule has 7 heteroatoms. The van der Waals surface area contributed by atoms with E-state index in [2.05, 4.69) is 10.6 Å². The lowest BCUT2D eigenvalue weighted by molar-refractivity contribution is -0.145. The molecule has 1 saturated carbocycles. The normalized spacial score (nSPS) is 15.8. The van der Waals surface area contributed by atoms with Crippen LogP contribution in [0.4, 0.5) is 4.39 Å². The van der Waals surface area contributed by atoms with Crippen LogP contribution in [0.15, 0.2) is 24.3 Å². The Balaban J connectivity index is 2.07. The van der Waals surface area contributed by atoms with Gasteiger partial charge in [-0.25, -0.2) is 9.18 Å². The van der Waals surface area contributed by atoms with Crippen molar-refractivity contribution in [1.29, 1.82) is 0 Å². The number of hydrogen-bond acceptors (Lipinski definition) is 4. The fourth-order valence-electron chi connectivity index (χ4n) is 2.67. The molecule has 0 spiro atoms. The second-order valence-corrected chi connectivity index (χ2v) is 6.35. The van der Waals surface area contributed by atoms with Gasteiger partial charge in [-0.3, -0.25) is 9.59 Å². The van der Waals surface area contributed by atoms with Crippen LogP contribution in [0.3, 0.4) is 0 Å². The van der Waals surface area contributed by atoms with Crippen molar-refractivity contribution in [2.24, 2.45) is 5.92 Å². The lowest BCUT2D eigenvalue weighted by Crippen LogP contribution is -2.52. The van der Waals surface area contributed by atoms with Crippen LogP contribution in [-0.2, 0) is 25.5 Å². The molecule has 0 radical (unpaired) electrons. The summed E-state index contributed by atoms with van der Waals surface area (Å²) < 4.78 is 18.1. The van der Waals surface area contributed by atoms with E-state index in [1.54, 1.807) is 6.07 Å². The summed E-state index contributed by atoms with van der Waals surface area (Å²) >= 11 is 0. The summed E-state index contributed by atoms with van der Waals surface area (Å²) in [6.07, 6.45) is 2.70. The van der Waals surface area contributed by atoms with Crippen LogP contribution >= 0.6 is 0 Å². The van der Waals surface area contributed by atoms with Crippen LogP contribution in [0.1, 0.15) is 31.7 Å². The molecule has 1 aliphatic carbocycles. The highest BCUT2D eigenvalue weighted by Crippen LogP contribution is 2.33. The van der Waals surface area contributed by atoms with Gasteiger partial charge in [-0.05, 0) is 30.0 Å². The summed E-state index contributed by atoms with van der Waals surface area (Å²) in [7, 11) is 1.27. The number of nitrogens with one attached hydrogen (secondary N) is 2. The Labute approximate surface area is 146 Å². The molecule has 1 aromatic rings. The topological polar surface area (TPSA) is 84.5 Å². The van der Waals surface area contributed by atoms with E-state index in [0.717, 1.165) is 12.8 Å². The Morgan fingerprint density at radius 3 is 2.52 bits per heavy atom. The fourth-order valence-corrected chi connectivity index (χ4v) is 2.67. The maximum atomic E-state index is 13.3. The molecule has 1 fully saturated rings. The molecule has 6 nitrogen and oxygen atoms in total. The molecule has 2 atom stereocenters. The van der Waals surface area contributed by atoms with E-state index < -0.39 is 29.8 Å². The second-order valence-electron chi connectivity index (χ2n) is 6.35. The van der Waals surface area contributed by atoms with E-state index in [1.165, 1.54) is 32.2 Å². The van der Waals surface area contributed by atoms with Crippen LogP contribution < -0.4 is 10.6 Å². The van der Waals surface area contributed by atoms with Crippen LogP contribution in [0.2, 0.25) is 0 Å². The average Bonchev–Trinajstić information content (AvgIpc) is 3.36. The molecule has 0 aromatic heterocycles. The zero-order valence-electron chi connectivity index (χ0n) is 14.4. The minimum absolute atomic E-state index is 0.125. The first-order chi connectivity index (χ1) is 11.9. The minimum Gasteiger partial charge on any atom is -0.467 e. The third-order valence-electron chi connectivity index (χ3n) is 4.09. The molecule has 2 N–H and O–H groups in total. The quantitative estimate of drug-likeness (QED) is 0.693. The highest BCUT2D eigenvalue weighted by molar-refractivity contribution is 5.90. The Morgan fingerprint density at radius 1 is 1.24 bits per heavy atom. The van der Waals surface area contributed by atoms with Gasteiger partial charge in [0.25, 0.3) is 0 Å². The second kappa shape index (κ2) is 8.60. The maximum absolute atomic E-state index is 13.3. The molecular weight excluding hydrogens is 327 g/mol. The smallest absolute Gasteiger partial charge is 0.328 e. The van der Waals surface area contributed by atoms with E-state index in [0.29, 0.717) is 17.9 Å². The van der Waals surface area contributed by atoms with Crippen molar-refractivity contribution in [2.75, 3.05) is 7.11 Å². The Bertz CT molecular complexity index is 646. The van der Waals surface area contributed by atoms with Crippen molar-refractivity contribution < 1.29 is 23.5 Å². The highest BCUT2D eigenvalue weighted by Gasteiger charge is 2.32. The van der Waals surface area contributed by atoms with Crippen molar-refractivity contribution in [3.63, 3.8) is 0 Å². The summed E-state index contributed by atoms with van der Waals surface area (Å²) in [5.41, 5.74) is 0.575. The van der Waals surface area contributed by atoms with Crippen LogP contribution in [-0.4, -0.2) is 37.0 Å². The third-order valence-corrected chi connectivity index (χ3v) is 4.09. The molecule has 136 valence electrons. The van der Waals surface area contributed by atoms with Crippen LogP contribution in [0, 0.1) is 11.7 Å². The predicted octanol–water partition coefficient (Wildman–Crippen LogP) is 1.33. The maximum Gasteiger partial charge on any atom is 0.328 e. The zero-order chi connectivity index (χ0) is 18.4. The van der Waals surface area contributed by atoms with Crippen molar-refractivity contribution in [3.8, 4) is 0 Å². The predicted molar refractivity (Wildman–Crippen MR) is 89.0 cm³/mol. The van der Waals surface area contributed by atoms with Gasteiger partial charge in [-0.1, -0.05) is 25.0 Å². The molecule has 1 aliphatic rings. The largest absolute Gasteiger partial charge is 0.467 e.